The topological polar surface area (TPSA) is 79.5 Å². The summed E-state index contributed by atoms with van der Waals surface area (Å²) in [7, 11) is 0. The zero-order chi connectivity index (χ0) is 21.9. The van der Waals surface area contributed by atoms with E-state index in [0.29, 0.717) is 18.0 Å². The summed E-state index contributed by atoms with van der Waals surface area (Å²) < 4.78 is 5.79. The van der Waals surface area contributed by atoms with Crippen molar-refractivity contribution in [3.63, 3.8) is 0 Å². The van der Waals surface area contributed by atoms with E-state index in [9.17, 15) is 9.59 Å². The van der Waals surface area contributed by atoms with E-state index < -0.39 is 0 Å². The van der Waals surface area contributed by atoms with Gasteiger partial charge >= 0.3 is 0 Å². The van der Waals surface area contributed by atoms with Crippen LogP contribution in [0, 0.1) is 0 Å². The lowest BCUT2D eigenvalue weighted by atomic mass is 10.1. The second-order valence-corrected chi connectivity index (χ2v) is 7.13. The summed E-state index contributed by atoms with van der Waals surface area (Å²) in [6.45, 7) is 2.22. The molecule has 0 aliphatic heterocycles. The molecule has 6 nitrogen and oxygen atoms in total. The third-order valence-electron chi connectivity index (χ3n) is 4.50. The minimum absolute atomic E-state index is 0.127. The Bertz CT molecular complexity index is 988. The first-order chi connectivity index (χ1) is 15.1. The molecule has 0 unspecified atom stereocenters. The number of amides is 2. The lowest BCUT2D eigenvalue weighted by molar-refractivity contribution is -0.115. The van der Waals surface area contributed by atoms with Crippen LogP contribution in [-0.4, -0.2) is 25.0 Å². The minimum atomic E-state index is -0.179. The van der Waals surface area contributed by atoms with Crippen LogP contribution in [0.4, 0.5) is 17.1 Å². The van der Waals surface area contributed by atoms with Crippen LogP contribution in [0.5, 0.6) is 5.75 Å². The molecule has 160 valence electrons. The Morgan fingerprint density at radius 1 is 0.806 bits per heavy atom. The number of nitrogens with one attached hydrogen (secondary N) is 3. The average Bonchev–Trinajstić information content (AvgIpc) is 2.77. The van der Waals surface area contributed by atoms with E-state index in [1.165, 1.54) is 12.5 Å². The van der Waals surface area contributed by atoms with Gasteiger partial charge in [-0.1, -0.05) is 36.4 Å². The van der Waals surface area contributed by atoms with E-state index in [-0.39, 0.29) is 18.4 Å². The van der Waals surface area contributed by atoms with E-state index in [4.69, 9.17) is 4.74 Å². The molecule has 0 saturated heterocycles. The highest BCUT2D eigenvalue weighted by Gasteiger charge is 2.04. The summed E-state index contributed by atoms with van der Waals surface area (Å²) in [6.07, 6.45) is 1.94. The van der Waals surface area contributed by atoms with Crippen molar-refractivity contribution in [3.05, 3.63) is 84.4 Å². The molecule has 0 spiro atoms. The number of ether oxygens (including phenoxy) is 1. The van der Waals surface area contributed by atoms with Gasteiger partial charge in [-0.25, -0.2) is 0 Å². The Morgan fingerprint density at radius 2 is 1.52 bits per heavy atom. The van der Waals surface area contributed by atoms with Crippen molar-refractivity contribution in [3.8, 4) is 5.75 Å². The quantitative estimate of drug-likeness (QED) is 0.418. The van der Waals surface area contributed by atoms with Crippen LogP contribution >= 0.6 is 0 Å². The maximum atomic E-state index is 12.2. The molecule has 0 aliphatic carbocycles. The van der Waals surface area contributed by atoms with Crippen molar-refractivity contribution >= 4 is 28.9 Å². The number of aryl methyl sites for hydroxylation is 1. The lowest BCUT2D eigenvalue weighted by Crippen LogP contribution is -2.21. The van der Waals surface area contributed by atoms with E-state index in [2.05, 4.69) is 28.1 Å². The van der Waals surface area contributed by atoms with Crippen molar-refractivity contribution in [2.45, 2.75) is 19.8 Å². The molecule has 3 N–H and O–H groups in total. The second-order valence-electron chi connectivity index (χ2n) is 7.13. The first kappa shape index (κ1) is 21.9. The third kappa shape index (κ3) is 7.85. The molecule has 31 heavy (non-hydrogen) atoms. The molecule has 3 rings (SSSR count). The molecule has 0 radical (unpaired) electrons. The van der Waals surface area contributed by atoms with Crippen LogP contribution in [0.3, 0.4) is 0 Å². The molecule has 2 amide bonds. The van der Waals surface area contributed by atoms with Gasteiger partial charge in [-0.15, -0.1) is 0 Å². The summed E-state index contributed by atoms with van der Waals surface area (Å²) in [5.41, 5.74) is 3.40. The molecule has 0 saturated carbocycles. The Balaban J connectivity index is 1.38. The standard InChI is InChI=1S/C25H27N3O3/c1-19(29)27-22-10-5-11-23(17-22)28-25(30)18-26-21-12-14-24(15-13-21)31-16-6-9-20-7-3-2-4-8-20/h2-5,7-8,10-15,17,26H,6,9,16,18H2,1H3,(H,27,29)(H,28,30). The maximum absolute atomic E-state index is 12.2. The molecule has 0 fully saturated rings. The molecule has 3 aromatic rings. The highest BCUT2D eigenvalue weighted by atomic mass is 16.5. The molecule has 0 bridgehead atoms. The molecule has 0 heterocycles. The second kappa shape index (κ2) is 11.4. The van der Waals surface area contributed by atoms with Gasteiger partial charge in [-0.05, 0) is 60.9 Å². The highest BCUT2D eigenvalue weighted by molar-refractivity contribution is 5.95. The number of carbonyl (C=O) groups excluding carboxylic acids is 2. The van der Waals surface area contributed by atoms with E-state index >= 15 is 0 Å². The van der Waals surface area contributed by atoms with Crippen LogP contribution in [-0.2, 0) is 16.0 Å². The fourth-order valence-electron chi connectivity index (χ4n) is 3.05. The van der Waals surface area contributed by atoms with Crippen LogP contribution in [0.1, 0.15) is 18.9 Å². The van der Waals surface area contributed by atoms with Gasteiger partial charge in [0.05, 0.1) is 13.2 Å². The lowest BCUT2D eigenvalue weighted by Gasteiger charge is -2.10. The number of rotatable bonds is 10. The monoisotopic (exact) mass is 417 g/mol. The summed E-state index contributed by atoms with van der Waals surface area (Å²) in [4.78, 5) is 23.3. The fraction of sp³-hybridized carbons (Fsp3) is 0.200. The van der Waals surface area contributed by atoms with Crippen LogP contribution < -0.4 is 20.7 Å². The van der Waals surface area contributed by atoms with E-state index in [1.54, 1.807) is 24.3 Å². The van der Waals surface area contributed by atoms with Crippen molar-refractivity contribution in [1.82, 2.24) is 0 Å². The summed E-state index contributed by atoms with van der Waals surface area (Å²) in [5.74, 6) is 0.466. The predicted molar refractivity (Wildman–Crippen MR) is 125 cm³/mol. The zero-order valence-corrected chi connectivity index (χ0v) is 17.6. The molecule has 3 aromatic carbocycles. The summed E-state index contributed by atoms with van der Waals surface area (Å²) >= 11 is 0. The van der Waals surface area contributed by atoms with Crippen LogP contribution in [0.25, 0.3) is 0 Å². The molecular weight excluding hydrogens is 390 g/mol. The van der Waals surface area contributed by atoms with Gasteiger partial charge < -0.3 is 20.7 Å². The van der Waals surface area contributed by atoms with Gasteiger partial charge in [-0.2, -0.15) is 0 Å². The summed E-state index contributed by atoms with van der Waals surface area (Å²) in [5, 5.41) is 8.59. The number of hydrogen-bond donors (Lipinski definition) is 3. The fourth-order valence-corrected chi connectivity index (χ4v) is 3.05. The molecule has 0 aromatic heterocycles. The van der Waals surface area contributed by atoms with E-state index in [1.807, 2.05) is 42.5 Å². The Labute approximate surface area is 182 Å². The number of hydrogen-bond acceptors (Lipinski definition) is 4. The molecule has 6 heteroatoms. The SMILES string of the molecule is CC(=O)Nc1cccc(NC(=O)CNc2ccc(OCCCc3ccccc3)cc2)c1. The molecular formula is C25H27N3O3. The van der Waals surface area contributed by atoms with Gasteiger partial charge in [0.15, 0.2) is 0 Å². The number of benzene rings is 3. The number of carbonyl (C=O) groups is 2. The predicted octanol–water partition coefficient (Wildman–Crippen LogP) is 4.71. The first-order valence-electron chi connectivity index (χ1n) is 10.3. The van der Waals surface area contributed by atoms with E-state index in [0.717, 1.165) is 24.3 Å². The third-order valence-corrected chi connectivity index (χ3v) is 4.50. The van der Waals surface area contributed by atoms with Crippen LogP contribution in [0.2, 0.25) is 0 Å². The van der Waals surface area contributed by atoms with Crippen molar-refractivity contribution in [2.75, 3.05) is 29.1 Å². The van der Waals surface area contributed by atoms with Crippen molar-refractivity contribution in [2.24, 2.45) is 0 Å². The molecule has 0 aliphatic rings. The average molecular weight is 418 g/mol. The molecule has 0 atom stereocenters. The van der Waals surface area contributed by atoms with Gasteiger partial charge in [-0.3, -0.25) is 9.59 Å². The van der Waals surface area contributed by atoms with Gasteiger partial charge in [0, 0.05) is 24.0 Å². The highest BCUT2D eigenvalue weighted by Crippen LogP contribution is 2.17. The number of anilines is 3. The minimum Gasteiger partial charge on any atom is -0.494 e. The van der Waals surface area contributed by atoms with Gasteiger partial charge in [0.1, 0.15) is 5.75 Å². The largest absolute Gasteiger partial charge is 0.494 e. The van der Waals surface area contributed by atoms with Crippen molar-refractivity contribution in [1.29, 1.82) is 0 Å². The smallest absolute Gasteiger partial charge is 0.243 e. The maximum Gasteiger partial charge on any atom is 0.243 e. The summed E-state index contributed by atoms with van der Waals surface area (Å²) in [6, 6.07) is 24.9. The van der Waals surface area contributed by atoms with Gasteiger partial charge in [0.2, 0.25) is 11.8 Å². The van der Waals surface area contributed by atoms with Crippen LogP contribution in [0.15, 0.2) is 78.9 Å². The first-order valence-corrected chi connectivity index (χ1v) is 10.3. The zero-order valence-electron chi connectivity index (χ0n) is 17.6. The Morgan fingerprint density at radius 3 is 2.23 bits per heavy atom. The Hall–Kier alpha value is -3.80. The normalized spacial score (nSPS) is 10.2. The Kier molecular flexibility index (Phi) is 8.05. The van der Waals surface area contributed by atoms with Gasteiger partial charge in [0.25, 0.3) is 0 Å². The van der Waals surface area contributed by atoms with Crippen molar-refractivity contribution < 1.29 is 14.3 Å².